The van der Waals surface area contributed by atoms with Crippen molar-refractivity contribution in [3.8, 4) is 0 Å². The van der Waals surface area contributed by atoms with Gasteiger partial charge in [-0.15, -0.1) is 0 Å². The zero-order valence-electron chi connectivity index (χ0n) is 19.4. The van der Waals surface area contributed by atoms with E-state index in [9.17, 15) is 14.5 Å². The molecule has 5 N–H and O–H groups in total. The fourth-order valence-electron chi connectivity index (χ4n) is 3.33. The van der Waals surface area contributed by atoms with Crippen molar-refractivity contribution in [1.29, 1.82) is 0 Å². The zero-order chi connectivity index (χ0) is 25.1. The summed E-state index contributed by atoms with van der Waals surface area (Å²) < 4.78 is 21.5. The van der Waals surface area contributed by atoms with Gasteiger partial charge >= 0.3 is 5.97 Å². The van der Waals surface area contributed by atoms with Gasteiger partial charge in [0.2, 0.25) is 7.44 Å². The summed E-state index contributed by atoms with van der Waals surface area (Å²) in [6.45, 7) is 6.90. The van der Waals surface area contributed by atoms with Gasteiger partial charge in [0.25, 0.3) is 0 Å². The van der Waals surface area contributed by atoms with Gasteiger partial charge in [0.15, 0.2) is 11.5 Å². The van der Waals surface area contributed by atoms with Crippen LogP contribution in [0, 0.1) is 0 Å². The maximum atomic E-state index is 13.9. The van der Waals surface area contributed by atoms with Gasteiger partial charge in [0.1, 0.15) is 23.7 Å². The summed E-state index contributed by atoms with van der Waals surface area (Å²) in [4.78, 5) is 24.1. The quantitative estimate of drug-likeness (QED) is 0.282. The van der Waals surface area contributed by atoms with E-state index in [1.54, 1.807) is 23.0 Å². The minimum absolute atomic E-state index is 0.243. The normalized spacial score (nSPS) is 15.7. The molecule has 13 heteroatoms. The number of nitrogens with one attached hydrogen (secondary N) is 2. The Morgan fingerprint density at radius 3 is 2.59 bits per heavy atom. The molecule has 1 aromatic carbocycles. The predicted octanol–water partition coefficient (Wildman–Crippen LogP) is 3.42. The molecular formula is C21H29ClN7O4P. The molecule has 34 heavy (non-hydrogen) atoms. The minimum Gasteiger partial charge on any atom is -0.480 e. The number of rotatable bonds is 11. The first-order chi connectivity index (χ1) is 15.9. The summed E-state index contributed by atoms with van der Waals surface area (Å²) in [6.07, 6.45) is 2.30. The first-order valence-corrected chi connectivity index (χ1v) is 12.9. The van der Waals surface area contributed by atoms with Crippen LogP contribution in [0.15, 0.2) is 36.9 Å². The third-order valence-corrected chi connectivity index (χ3v) is 7.68. The summed E-state index contributed by atoms with van der Waals surface area (Å²) >= 11 is 5.97. The number of nitrogens with two attached hydrogens (primary N) is 1. The highest BCUT2D eigenvalue weighted by Crippen LogP contribution is 2.42. The third kappa shape index (κ3) is 6.31. The molecule has 0 aliphatic carbocycles. The molecule has 2 heterocycles. The number of aliphatic carboxylic acids is 1. The van der Waals surface area contributed by atoms with Crippen molar-refractivity contribution in [2.75, 3.05) is 12.1 Å². The van der Waals surface area contributed by atoms with Crippen LogP contribution >= 0.6 is 19.0 Å². The Hall–Kier alpha value is -2.56. The fourth-order valence-corrected chi connectivity index (χ4v) is 5.90. The number of aromatic nitrogens is 4. The van der Waals surface area contributed by atoms with Crippen LogP contribution in [0.4, 0.5) is 5.82 Å². The third-order valence-electron chi connectivity index (χ3n) is 5.19. The van der Waals surface area contributed by atoms with E-state index in [-0.39, 0.29) is 18.2 Å². The number of halogens is 1. The molecule has 0 bridgehead atoms. The van der Waals surface area contributed by atoms with E-state index in [1.165, 1.54) is 20.2 Å². The number of benzene rings is 1. The fraction of sp³-hybridized carbons (Fsp3) is 0.429. The van der Waals surface area contributed by atoms with Gasteiger partial charge in [-0.25, -0.2) is 25.1 Å². The largest absolute Gasteiger partial charge is 0.480 e. The van der Waals surface area contributed by atoms with E-state index in [1.807, 2.05) is 26.0 Å². The predicted molar refractivity (Wildman–Crippen MR) is 131 cm³/mol. The molecule has 0 amide bonds. The van der Waals surface area contributed by atoms with Gasteiger partial charge < -0.3 is 20.1 Å². The van der Waals surface area contributed by atoms with E-state index in [0.29, 0.717) is 22.7 Å². The van der Waals surface area contributed by atoms with E-state index < -0.39 is 25.1 Å². The molecule has 0 aliphatic heterocycles. The van der Waals surface area contributed by atoms with Crippen LogP contribution in [0.25, 0.3) is 11.2 Å². The lowest BCUT2D eigenvalue weighted by Crippen LogP contribution is -2.47. The van der Waals surface area contributed by atoms with E-state index in [0.717, 1.165) is 5.56 Å². The Balaban J connectivity index is 1.74. The Labute approximate surface area is 202 Å². The maximum absolute atomic E-state index is 13.9. The number of imidazole rings is 1. The molecule has 1 unspecified atom stereocenters. The van der Waals surface area contributed by atoms with Gasteiger partial charge in [-0.1, -0.05) is 23.7 Å². The van der Waals surface area contributed by atoms with Crippen LogP contribution in [0.1, 0.15) is 39.3 Å². The number of hydrogen-bond acceptors (Lipinski definition) is 7. The van der Waals surface area contributed by atoms with Crippen molar-refractivity contribution < 1.29 is 19.2 Å². The van der Waals surface area contributed by atoms with Crippen molar-refractivity contribution in [3.63, 3.8) is 0 Å². The molecule has 184 valence electrons. The molecule has 0 saturated carbocycles. The van der Waals surface area contributed by atoms with Gasteiger partial charge in [-0.3, -0.25) is 9.36 Å². The SMILES string of the molecule is C[C@H](Cn1cnc2c(N)ncnc21)OCP(=O)(N[C@H](C)c1ccc(Cl)cc1)NC(C)(C)C(=O)O. The van der Waals surface area contributed by atoms with Gasteiger partial charge in [0.05, 0.1) is 19.0 Å². The Kier molecular flexibility index (Phi) is 7.95. The first kappa shape index (κ1) is 26.1. The summed E-state index contributed by atoms with van der Waals surface area (Å²) in [5.41, 5.74) is 6.27. The highest BCUT2D eigenvalue weighted by molar-refractivity contribution is 7.59. The van der Waals surface area contributed by atoms with Gasteiger partial charge in [-0.2, -0.15) is 0 Å². The topological polar surface area (TPSA) is 157 Å². The van der Waals surface area contributed by atoms with Crippen LogP contribution in [0.5, 0.6) is 0 Å². The average Bonchev–Trinajstić information content (AvgIpc) is 3.16. The molecule has 0 saturated heterocycles. The number of anilines is 1. The summed E-state index contributed by atoms with van der Waals surface area (Å²) in [5.74, 6) is -0.855. The summed E-state index contributed by atoms with van der Waals surface area (Å²) in [6, 6.07) is 6.73. The Morgan fingerprint density at radius 2 is 1.94 bits per heavy atom. The number of ether oxygens (including phenoxy) is 1. The molecule has 0 fully saturated rings. The maximum Gasteiger partial charge on any atom is 0.323 e. The molecule has 2 aromatic heterocycles. The monoisotopic (exact) mass is 509 g/mol. The van der Waals surface area contributed by atoms with E-state index in [2.05, 4.69) is 25.1 Å². The lowest BCUT2D eigenvalue weighted by molar-refractivity contribution is -0.142. The van der Waals surface area contributed by atoms with Gasteiger partial charge in [-0.05, 0) is 45.4 Å². The van der Waals surface area contributed by atoms with E-state index >= 15 is 0 Å². The number of nitrogens with zero attached hydrogens (tertiary/aromatic N) is 4. The van der Waals surface area contributed by atoms with Crippen molar-refractivity contribution in [2.45, 2.75) is 51.9 Å². The second-order valence-electron chi connectivity index (χ2n) is 8.62. The second kappa shape index (κ2) is 10.4. The number of nitrogen functional groups attached to an aromatic ring is 1. The van der Waals surface area contributed by atoms with Crippen LogP contribution < -0.4 is 15.9 Å². The lowest BCUT2D eigenvalue weighted by Gasteiger charge is -2.32. The van der Waals surface area contributed by atoms with Crippen molar-refractivity contribution in [2.24, 2.45) is 0 Å². The van der Waals surface area contributed by atoms with Crippen molar-refractivity contribution in [1.82, 2.24) is 29.7 Å². The Bertz CT molecular complexity index is 1200. The smallest absolute Gasteiger partial charge is 0.323 e. The van der Waals surface area contributed by atoms with Crippen molar-refractivity contribution >= 4 is 42.0 Å². The molecular weight excluding hydrogens is 481 g/mol. The molecule has 3 aromatic rings. The van der Waals surface area contributed by atoms with Crippen LogP contribution in [0.3, 0.4) is 0 Å². The Morgan fingerprint density at radius 1 is 1.26 bits per heavy atom. The van der Waals surface area contributed by atoms with E-state index in [4.69, 9.17) is 22.1 Å². The number of hydrogen-bond donors (Lipinski definition) is 4. The standard InChI is InChI=1S/C21H29ClN7O4P/c1-13(9-29-11-26-17-18(23)24-10-25-19(17)29)33-12-34(32,28-21(3,4)20(30)31)27-14(2)15-5-7-16(22)8-6-15/h5-8,10-11,13-14H,9,12H2,1-4H3,(H,30,31)(H2,23,24,25)(H2,27,28,32)/t13-,14-,34?/m1/s1. The van der Waals surface area contributed by atoms with Crippen LogP contribution in [-0.4, -0.2) is 48.6 Å². The highest BCUT2D eigenvalue weighted by Gasteiger charge is 2.37. The summed E-state index contributed by atoms with van der Waals surface area (Å²) in [5, 5.41) is 16.0. The molecule has 0 aliphatic rings. The van der Waals surface area contributed by atoms with Crippen LogP contribution in [-0.2, 0) is 20.6 Å². The summed E-state index contributed by atoms with van der Waals surface area (Å²) in [7, 11) is -3.53. The second-order valence-corrected chi connectivity index (χ2v) is 11.3. The lowest BCUT2D eigenvalue weighted by atomic mass is 10.1. The minimum atomic E-state index is -3.53. The zero-order valence-corrected chi connectivity index (χ0v) is 21.0. The average molecular weight is 510 g/mol. The number of carboxylic acids is 1. The number of fused-ring (bicyclic) bond motifs is 1. The first-order valence-electron chi connectivity index (χ1n) is 10.6. The van der Waals surface area contributed by atoms with Crippen LogP contribution in [0.2, 0.25) is 5.02 Å². The number of carboxylic acid groups (broad SMARTS) is 1. The highest BCUT2D eigenvalue weighted by atomic mass is 35.5. The molecule has 0 radical (unpaired) electrons. The molecule has 3 rings (SSSR count). The molecule has 11 nitrogen and oxygen atoms in total. The van der Waals surface area contributed by atoms with Gasteiger partial charge in [0, 0.05) is 11.1 Å². The number of carbonyl (C=O) groups is 1. The molecule has 0 spiro atoms. The van der Waals surface area contributed by atoms with Crippen molar-refractivity contribution in [3.05, 3.63) is 47.5 Å². The molecule has 3 atom stereocenters.